The van der Waals surface area contributed by atoms with Crippen LogP contribution >= 0.6 is 11.6 Å². The fourth-order valence-electron chi connectivity index (χ4n) is 2.71. The van der Waals surface area contributed by atoms with Gasteiger partial charge in [-0.05, 0) is 12.1 Å². The standard InChI is InChI=1S/C15H17ClFN5O/c1-21-7-9(6-20-21)13-8-22(3-2-19-13)15(23)11-4-10(16)5-12(17)14(11)18/h4-7,13,19H,2-3,8,18H2,1H3/t13-/m0/s1. The molecule has 1 aliphatic heterocycles. The fourth-order valence-corrected chi connectivity index (χ4v) is 2.91. The number of aromatic nitrogens is 2. The van der Waals surface area contributed by atoms with E-state index in [9.17, 15) is 9.18 Å². The summed E-state index contributed by atoms with van der Waals surface area (Å²) < 4.78 is 15.4. The molecule has 1 aromatic carbocycles. The summed E-state index contributed by atoms with van der Waals surface area (Å²) >= 11 is 5.84. The molecule has 3 N–H and O–H groups in total. The zero-order valence-electron chi connectivity index (χ0n) is 12.6. The van der Waals surface area contributed by atoms with Crippen molar-refractivity contribution in [2.45, 2.75) is 6.04 Å². The topological polar surface area (TPSA) is 76.2 Å². The van der Waals surface area contributed by atoms with E-state index >= 15 is 0 Å². The van der Waals surface area contributed by atoms with E-state index in [0.717, 1.165) is 11.6 Å². The number of nitrogens with zero attached hydrogens (tertiary/aromatic N) is 3. The molecule has 1 aromatic heterocycles. The van der Waals surface area contributed by atoms with E-state index in [0.29, 0.717) is 19.6 Å². The highest BCUT2D eigenvalue weighted by Crippen LogP contribution is 2.25. The van der Waals surface area contributed by atoms with E-state index in [1.54, 1.807) is 15.8 Å². The number of hydrogen-bond acceptors (Lipinski definition) is 4. The molecule has 0 bridgehead atoms. The zero-order chi connectivity index (χ0) is 16.6. The molecule has 122 valence electrons. The Balaban J connectivity index is 1.82. The van der Waals surface area contributed by atoms with Gasteiger partial charge >= 0.3 is 0 Å². The lowest BCUT2D eigenvalue weighted by Crippen LogP contribution is -2.48. The van der Waals surface area contributed by atoms with E-state index in [4.69, 9.17) is 17.3 Å². The normalized spacial score (nSPS) is 18.2. The summed E-state index contributed by atoms with van der Waals surface area (Å²) in [5, 5.41) is 7.64. The monoisotopic (exact) mass is 337 g/mol. The van der Waals surface area contributed by atoms with Crippen molar-refractivity contribution in [3.63, 3.8) is 0 Å². The van der Waals surface area contributed by atoms with Crippen LogP contribution in [0.1, 0.15) is 22.0 Å². The highest BCUT2D eigenvalue weighted by molar-refractivity contribution is 6.31. The van der Waals surface area contributed by atoms with Crippen LogP contribution in [0.4, 0.5) is 10.1 Å². The van der Waals surface area contributed by atoms with Gasteiger partial charge in [0.2, 0.25) is 0 Å². The van der Waals surface area contributed by atoms with Crippen molar-refractivity contribution in [1.82, 2.24) is 20.0 Å². The first-order chi connectivity index (χ1) is 11.0. The first-order valence-electron chi connectivity index (χ1n) is 7.21. The Morgan fingerprint density at radius 2 is 2.30 bits per heavy atom. The molecule has 1 saturated heterocycles. The Bertz CT molecular complexity index is 747. The number of carbonyl (C=O) groups excluding carboxylic acids is 1. The first-order valence-corrected chi connectivity index (χ1v) is 7.59. The summed E-state index contributed by atoms with van der Waals surface area (Å²) in [7, 11) is 1.84. The molecule has 1 aliphatic rings. The number of piperazine rings is 1. The van der Waals surface area contributed by atoms with E-state index < -0.39 is 5.82 Å². The summed E-state index contributed by atoms with van der Waals surface area (Å²) in [6, 6.07) is 2.49. The number of amides is 1. The maximum atomic E-state index is 13.7. The summed E-state index contributed by atoms with van der Waals surface area (Å²) in [4.78, 5) is 14.3. The van der Waals surface area contributed by atoms with Crippen molar-refractivity contribution < 1.29 is 9.18 Å². The van der Waals surface area contributed by atoms with E-state index in [1.807, 2.05) is 13.2 Å². The van der Waals surface area contributed by atoms with Crippen LogP contribution in [0, 0.1) is 5.82 Å². The van der Waals surface area contributed by atoms with Gasteiger partial charge in [-0.15, -0.1) is 0 Å². The van der Waals surface area contributed by atoms with Crippen LogP contribution < -0.4 is 11.1 Å². The van der Waals surface area contributed by atoms with E-state index in [1.165, 1.54) is 6.07 Å². The first kappa shape index (κ1) is 15.8. The predicted octanol–water partition coefficient (Wildman–Crippen LogP) is 1.58. The third-order valence-corrected chi connectivity index (χ3v) is 4.13. The van der Waals surface area contributed by atoms with Crippen LogP contribution in [0.5, 0.6) is 0 Å². The number of nitrogen functional groups attached to an aromatic ring is 1. The molecule has 0 radical (unpaired) electrons. The molecule has 1 amide bonds. The maximum absolute atomic E-state index is 13.7. The third-order valence-electron chi connectivity index (χ3n) is 3.91. The average molecular weight is 338 g/mol. The molecule has 3 rings (SSSR count). The lowest BCUT2D eigenvalue weighted by molar-refractivity contribution is 0.0703. The van der Waals surface area contributed by atoms with Crippen LogP contribution in [-0.2, 0) is 7.05 Å². The highest BCUT2D eigenvalue weighted by atomic mass is 35.5. The van der Waals surface area contributed by atoms with Crippen molar-refractivity contribution in [3.8, 4) is 0 Å². The third kappa shape index (κ3) is 3.16. The number of aryl methyl sites for hydroxylation is 1. The van der Waals surface area contributed by atoms with Crippen LogP contribution in [0.2, 0.25) is 5.02 Å². The Morgan fingerprint density at radius 3 is 3.00 bits per heavy atom. The molecule has 2 heterocycles. The molecule has 0 aliphatic carbocycles. The number of nitrogens with one attached hydrogen (secondary N) is 1. The Kier molecular flexibility index (Phi) is 4.23. The van der Waals surface area contributed by atoms with Crippen LogP contribution in [-0.4, -0.2) is 40.2 Å². The molecule has 1 fully saturated rings. The molecule has 6 nitrogen and oxygen atoms in total. The van der Waals surface area contributed by atoms with Crippen molar-refractivity contribution in [2.24, 2.45) is 7.05 Å². The maximum Gasteiger partial charge on any atom is 0.256 e. The van der Waals surface area contributed by atoms with Gasteiger partial charge in [0.25, 0.3) is 5.91 Å². The second-order valence-corrected chi connectivity index (χ2v) is 5.99. The minimum absolute atomic E-state index is 0.0216. The van der Waals surface area contributed by atoms with Gasteiger partial charge in [-0.3, -0.25) is 9.48 Å². The van der Waals surface area contributed by atoms with Gasteiger partial charge in [-0.25, -0.2) is 4.39 Å². The zero-order valence-corrected chi connectivity index (χ0v) is 13.3. The van der Waals surface area contributed by atoms with Gasteiger partial charge in [-0.2, -0.15) is 5.10 Å². The van der Waals surface area contributed by atoms with Crippen molar-refractivity contribution >= 4 is 23.2 Å². The van der Waals surface area contributed by atoms with E-state index in [2.05, 4.69) is 10.4 Å². The number of halogens is 2. The predicted molar refractivity (Wildman–Crippen MR) is 85.7 cm³/mol. The molecule has 2 aromatic rings. The summed E-state index contributed by atoms with van der Waals surface area (Å²) in [6.07, 6.45) is 3.66. The molecule has 0 spiro atoms. The van der Waals surface area contributed by atoms with E-state index in [-0.39, 0.29) is 28.2 Å². The van der Waals surface area contributed by atoms with Gasteiger partial charge in [-0.1, -0.05) is 11.6 Å². The molecule has 8 heteroatoms. The second-order valence-electron chi connectivity index (χ2n) is 5.55. The van der Waals surface area contributed by atoms with Gasteiger partial charge in [0.1, 0.15) is 5.82 Å². The molecule has 0 unspecified atom stereocenters. The van der Waals surface area contributed by atoms with Gasteiger partial charge < -0.3 is 16.0 Å². The molecular formula is C15H17ClFN5O. The van der Waals surface area contributed by atoms with Crippen molar-refractivity contribution in [2.75, 3.05) is 25.4 Å². The molecule has 1 atom stereocenters. The summed E-state index contributed by atoms with van der Waals surface area (Å²) in [6.45, 7) is 1.61. The lowest BCUT2D eigenvalue weighted by Gasteiger charge is -2.33. The van der Waals surface area contributed by atoms with Gasteiger partial charge in [0, 0.05) is 43.5 Å². The average Bonchev–Trinajstić information content (AvgIpc) is 2.97. The minimum Gasteiger partial charge on any atom is -0.396 e. The van der Waals surface area contributed by atoms with Gasteiger partial charge in [0.05, 0.1) is 23.5 Å². The van der Waals surface area contributed by atoms with Crippen molar-refractivity contribution in [3.05, 3.63) is 46.5 Å². The number of benzene rings is 1. The van der Waals surface area contributed by atoms with Crippen LogP contribution in [0.15, 0.2) is 24.5 Å². The van der Waals surface area contributed by atoms with Crippen LogP contribution in [0.3, 0.4) is 0 Å². The summed E-state index contributed by atoms with van der Waals surface area (Å²) in [5.41, 5.74) is 6.62. The number of carbonyl (C=O) groups is 1. The minimum atomic E-state index is -0.681. The lowest BCUT2D eigenvalue weighted by atomic mass is 10.1. The largest absolute Gasteiger partial charge is 0.396 e. The quantitative estimate of drug-likeness (QED) is 0.816. The van der Waals surface area contributed by atoms with Crippen LogP contribution in [0.25, 0.3) is 0 Å². The van der Waals surface area contributed by atoms with Gasteiger partial charge in [0.15, 0.2) is 0 Å². The Labute approximate surface area is 138 Å². The fraction of sp³-hybridized carbons (Fsp3) is 0.333. The molecule has 23 heavy (non-hydrogen) atoms. The SMILES string of the molecule is Cn1cc([C@@H]2CN(C(=O)c3cc(Cl)cc(F)c3N)CCN2)cn1. The Hall–Kier alpha value is -2.12. The number of hydrogen-bond donors (Lipinski definition) is 2. The number of anilines is 1. The summed E-state index contributed by atoms with van der Waals surface area (Å²) in [5.74, 6) is -1.00. The smallest absolute Gasteiger partial charge is 0.256 e. The molecular weight excluding hydrogens is 321 g/mol. The number of rotatable bonds is 2. The molecule has 0 saturated carbocycles. The van der Waals surface area contributed by atoms with Crippen molar-refractivity contribution in [1.29, 1.82) is 0 Å². The Morgan fingerprint density at radius 1 is 1.52 bits per heavy atom. The second kappa shape index (κ2) is 6.17. The number of nitrogens with two attached hydrogens (primary N) is 1. The highest BCUT2D eigenvalue weighted by Gasteiger charge is 2.27.